The molecule has 1 amide bonds. The molecule has 11 heteroatoms. The van der Waals surface area contributed by atoms with Crippen LogP contribution in [-0.4, -0.2) is 19.2 Å². The van der Waals surface area contributed by atoms with Crippen molar-refractivity contribution in [3.8, 4) is 0 Å². The van der Waals surface area contributed by atoms with Gasteiger partial charge in [-0.1, -0.05) is 23.7 Å². The van der Waals surface area contributed by atoms with Crippen molar-refractivity contribution in [3.63, 3.8) is 0 Å². The van der Waals surface area contributed by atoms with Crippen LogP contribution < -0.4 is 10.3 Å². The van der Waals surface area contributed by atoms with Gasteiger partial charge < -0.3 is 0 Å². The molecule has 0 radical (unpaired) electrons. The number of hydrogen-bond acceptors (Lipinski definition) is 5. The standard InChI is InChI=1S/C14H11ClFN3O5S/c1-8-11(15)6-9(7-13(8)19(21)22)25(23,24)18-17-14(20)10-4-2-3-5-12(10)16/h2-7,18H,1H3,(H,17,20). The number of nitrogens with zero attached hydrogens (tertiary/aromatic N) is 1. The van der Waals surface area contributed by atoms with Crippen molar-refractivity contribution in [3.05, 3.63) is 68.5 Å². The van der Waals surface area contributed by atoms with E-state index in [-0.39, 0.29) is 16.1 Å². The minimum atomic E-state index is -4.36. The second-order valence-corrected chi connectivity index (χ2v) is 6.94. The van der Waals surface area contributed by atoms with E-state index in [9.17, 15) is 27.7 Å². The van der Waals surface area contributed by atoms with Crippen LogP contribution in [0.1, 0.15) is 15.9 Å². The van der Waals surface area contributed by atoms with E-state index in [1.165, 1.54) is 19.1 Å². The third kappa shape index (κ3) is 4.10. The monoisotopic (exact) mass is 387 g/mol. The minimum Gasteiger partial charge on any atom is -0.273 e. The van der Waals surface area contributed by atoms with Crippen LogP contribution in [0, 0.1) is 22.9 Å². The Kier molecular flexibility index (Phi) is 5.36. The third-order valence-corrected chi connectivity index (χ3v) is 4.83. The van der Waals surface area contributed by atoms with Crippen molar-refractivity contribution in [1.29, 1.82) is 0 Å². The lowest BCUT2D eigenvalue weighted by molar-refractivity contribution is -0.385. The highest BCUT2D eigenvalue weighted by atomic mass is 35.5. The molecular formula is C14H11ClFN3O5S. The van der Waals surface area contributed by atoms with Crippen molar-refractivity contribution in [2.24, 2.45) is 0 Å². The molecule has 0 aliphatic rings. The Morgan fingerprint density at radius 1 is 1.28 bits per heavy atom. The van der Waals surface area contributed by atoms with E-state index in [0.29, 0.717) is 0 Å². The molecule has 0 heterocycles. The first-order chi connectivity index (χ1) is 11.6. The van der Waals surface area contributed by atoms with Crippen LogP contribution in [0.2, 0.25) is 5.02 Å². The van der Waals surface area contributed by atoms with Gasteiger partial charge in [0, 0.05) is 11.6 Å². The van der Waals surface area contributed by atoms with Gasteiger partial charge in [0.2, 0.25) is 0 Å². The molecule has 0 saturated heterocycles. The number of hydrazine groups is 1. The molecule has 0 fully saturated rings. The predicted octanol–water partition coefficient (Wildman–Crippen LogP) is 2.32. The molecule has 2 N–H and O–H groups in total. The summed E-state index contributed by atoms with van der Waals surface area (Å²) >= 11 is 5.81. The molecule has 2 rings (SSSR count). The van der Waals surface area contributed by atoms with Gasteiger partial charge in [0.25, 0.3) is 21.6 Å². The molecule has 0 bridgehead atoms. The van der Waals surface area contributed by atoms with Gasteiger partial charge in [-0.15, -0.1) is 4.83 Å². The van der Waals surface area contributed by atoms with Crippen LogP contribution in [-0.2, 0) is 10.0 Å². The normalized spacial score (nSPS) is 11.2. The Morgan fingerprint density at radius 2 is 1.92 bits per heavy atom. The van der Waals surface area contributed by atoms with Gasteiger partial charge >= 0.3 is 0 Å². The summed E-state index contributed by atoms with van der Waals surface area (Å²) in [5, 5.41) is 10.8. The maximum atomic E-state index is 13.5. The van der Waals surface area contributed by atoms with Gasteiger partial charge in [-0.25, -0.2) is 12.8 Å². The number of sulfonamides is 1. The number of benzene rings is 2. The van der Waals surface area contributed by atoms with Gasteiger partial charge in [-0.2, -0.15) is 0 Å². The molecular weight excluding hydrogens is 377 g/mol. The lowest BCUT2D eigenvalue weighted by Crippen LogP contribution is -2.41. The van der Waals surface area contributed by atoms with E-state index in [1.807, 2.05) is 5.43 Å². The van der Waals surface area contributed by atoms with Crippen LogP contribution >= 0.6 is 11.6 Å². The molecule has 0 unspecified atom stereocenters. The maximum absolute atomic E-state index is 13.5. The zero-order chi connectivity index (χ0) is 18.8. The Morgan fingerprint density at radius 3 is 2.52 bits per heavy atom. The highest BCUT2D eigenvalue weighted by molar-refractivity contribution is 7.89. The van der Waals surface area contributed by atoms with Crippen LogP contribution in [0.3, 0.4) is 0 Å². The molecule has 2 aromatic rings. The van der Waals surface area contributed by atoms with E-state index >= 15 is 0 Å². The van der Waals surface area contributed by atoms with Gasteiger partial charge in [-0.3, -0.25) is 20.3 Å². The average molecular weight is 388 g/mol. The highest BCUT2D eigenvalue weighted by Crippen LogP contribution is 2.29. The molecule has 132 valence electrons. The fraction of sp³-hybridized carbons (Fsp3) is 0.0714. The minimum absolute atomic E-state index is 0.0982. The number of hydrogen-bond donors (Lipinski definition) is 2. The predicted molar refractivity (Wildman–Crippen MR) is 87.0 cm³/mol. The zero-order valence-corrected chi connectivity index (χ0v) is 14.2. The first-order valence-corrected chi connectivity index (χ1v) is 8.51. The van der Waals surface area contributed by atoms with Crippen molar-refractivity contribution in [2.75, 3.05) is 0 Å². The molecule has 0 atom stereocenters. The average Bonchev–Trinajstić information content (AvgIpc) is 2.55. The van der Waals surface area contributed by atoms with E-state index in [4.69, 9.17) is 11.6 Å². The largest absolute Gasteiger partial charge is 0.275 e. The number of nitrogens with one attached hydrogen (secondary N) is 2. The SMILES string of the molecule is Cc1c(Cl)cc(S(=O)(=O)NNC(=O)c2ccccc2F)cc1[N+](=O)[O-]. The summed E-state index contributed by atoms with van der Waals surface area (Å²) in [4.78, 5) is 23.2. The first-order valence-electron chi connectivity index (χ1n) is 6.64. The fourth-order valence-corrected chi connectivity index (χ4v) is 3.03. The maximum Gasteiger partial charge on any atom is 0.275 e. The molecule has 0 aromatic heterocycles. The molecule has 0 aliphatic heterocycles. The summed E-state index contributed by atoms with van der Waals surface area (Å²) < 4.78 is 37.9. The van der Waals surface area contributed by atoms with Gasteiger partial charge in [0.15, 0.2) is 0 Å². The number of rotatable bonds is 5. The van der Waals surface area contributed by atoms with E-state index in [1.54, 1.807) is 4.83 Å². The Labute approximate surface area is 146 Å². The van der Waals surface area contributed by atoms with Gasteiger partial charge in [-0.05, 0) is 25.1 Å². The summed E-state index contributed by atoms with van der Waals surface area (Å²) in [5.74, 6) is -1.87. The van der Waals surface area contributed by atoms with Crippen LogP contribution in [0.4, 0.5) is 10.1 Å². The Bertz CT molecular complexity index is 965. The number of halogens is 2. The summed E-state index contributed by atoms with van der Waals surface area (Å²) in [5.41, 5.74) is 1.06. The lowest BCUT2D eigenvalue weighted by Gasteiger charge is -2.10. The number of nitro benzene ring substituents is 1. The van der Waals surface area contributed by atoms with E-state index in [2.05, 4.69) is 0 Å². The number of amides is 1. The van der Waals surface area contributed by atoms with E-state index in [0.717, 1.165) is 24.3 Å². The van der Waals surface area contributed by atoms with Crippen molar-refractivity contribution >= 4 is 33.2 Å². The van der Waals surface area contributed by atoms with Gasteiger partial charge in [0.1, 0.15) is 5.82 Å². The second-order valence-electron chi connectivity index (χ2n) is 4.85. The Hall–Kier alpha value is -2.56. The quantitative estimate of drug-likeness (QED) is 0.602. The number of carbonyl (C=O) groups is 1. The summed E-state index contributed by atoms with van der Waals surface area (Å²) in [6.45, 7) is 1.37. The molecule has 0 saturated carbocycles. The smallest absolute Gasteiger partial charge is 0.273 e. The zero-order valence-electron chi connectivity index (χ0n) is 12.6. The molecule has 8 nitrogen and oxygen atoms in total. The van der Waals surface area contributed by atoms with Crippen molar-refractivity contribution < 1.29 is 22.5 Å². The third-order valence-electron chi connectivity index (χ3n) is 3.21. The molecule has 2 aromatic carbocycles. The second kappa shape index (κ2) is 7.13. The molecule has 0 spiro atoms. The summed E-state index contributed by atoms with van der Waals surface area (Å²) in [6.07, 6.45) is 0. The van der Waals surface area contributed by atoms with Crippen molar-refractivity contribution in [1.82, 2.24) is 10.3 Å². The first kappa shape index (κ1) is 18.8. The number of carbonyl (C=O) groups excluding carboxylic acids is 1. The van der Waals surface area contributed by atoms with Crippen LogP contribution in [0.25, 0.3) is 0 Å². The lowest BCUT2D eigenvalue weighted by atomic mass is 10.2. The molecule has 0 aliphatic carbocycles. The Balaban J connectivity index is 2.27. The summed E-state index contributed by atoms with van der Waals surface area (Å²) in [6, 6.07) is 6.76. The topological polar surface area (TPSA) is 118 Å². The van der Waals surface area contributed by atoms with Gasteiger partial charge in [0.05, 0.1) is 20.4 Å². The highest BCUT2D eigenvalue weighted by Gasteiger charge is 2.23. The molecule has 25 heavy (non-hydrogen) atoms. The fourth-order valence-electron chi connectivity index (χ4n) is 1.87. The van der Waals surface area contributed by atoms with Crippen LogP contribution in [0.15, 0.2) is 41.3 Å². The number of nitro groups is 1. The summed E-state index contributed by atoms with van der Waals surface area (Å²) in [7, 11) is -4.36. The van der Waals surface area contributed by atoms with E-state index < -0.39 is 37.3 Å². The van der Waals surface area contributed by atoms with Crippen molar-refractivity contribution in [2.45, 2.75) is 11.8 Å². The van der Waals surface area contributed by atoms with Crippen LogP contribution in [0.5, 0.6) is 0 Å².